The standard InChI is InChI=1S/C22H24BrNO3S/c1-15-3-5-17(6-4-15)28-22(13-24-7-9-26-10-8-24)14-27-20-11-16(2)19(23)12-18(20)21(22)25/h3-6,11-12H,7-10,13-14H2,1-2H3/t22-/m0/s1. The molecule has 2 aliphatic rings. The van der Waals surface area contributed by atoms with Gasteiger partial charge in [-0.2, -0.15) is 0 Å². The molecule has 0 spiro atoms. The van der Waals surface area contributed by atoms with Crippen LogP contribution >= 0.6 is 27.7 Å². The van der Waals surface area contributed by atoms with E-state index in [0.717, 1.165) is 28.0 Å². The first kappa shape index (κ1) is 20.0. The smallest absolute Gasteiger partial charge is 0.187 e. The van der Waals surface area contributed by atoms with Gasteiger partial charge in [0.25, 0.3) is 0 Å². The van der Waals surface area contributed by atoms with Gasteiger partial charge in [-0.3, -0.25) is 9.69 Å². The molecule has 2 aromatic rings. The SMILES string of the molecule is Cc1ccc(S[C@@]2(CN3CCOCC3)COc3cc(C)c(Br)cc3C2=O)cc1. The molecule has 0 amide bonds. The number of carbonyl (C=O) groups excluding carboxylic acids is 1. The van der Waals surface area contributed by atoms with Crippen LogP contribution in [0.25, 0.3) is 0 Å². The van der Waals surface area contributed by atoms with Gasteiger partial charge in [0.1, 0.15) is 17.1 Å². The number of halogens is 1. The van der Waals surface area contributed by atoms with Crippen LogP contribution in [-0.2, 0) is 4.74 Å². The number of morpholine rings is 1. The maximum Gasteiger partial charge on any atom is 0.187 e. The highest BCUT2D eigenvalue weighted by atomic mass is 79.9. The highest BCUT2D eigenvalue weighted by Crippen LogP contribution is 2.43. The quantitative estimate of drug-likeness (QED) is 0.669. The molecular formula is C22H24BrNO3S. The summed E-state index contributed by atoms with van der Waals surface area (Å²) < 4.78 is 11.9. The molecule has 1 fully saturated rings. The molecule has 0 saturated carbocycles. The molecular weight excluding hydrogens is 438 g/mol. The Kier molecular flexibility index (Phi) is 5.83. The Balaban J connectivity index is 1.70. The maximum absolute atomic E-state index is 13.8. The molecule has 0 N–H and O–H groups in total. The van der Waals surface area contributed by atoms with Crippen LogP contribution in [0.2, 0.25) is 0 Å². The van der Waals surface area contributed by atoms with Crippen molar-refractivity contribution in [3.8, 4) is 5.75 Å². The maximum atomic E-state index is 13.8. The summed E-state index contributed by atoms with van der Waals surface area (Å²) in [6, 6.07) is 12.2. The minimum absolute atomic E-state index is 0.145. The van der Waals surface area contributed by atoms with E-state index < -0.39 is 4.75 Å². The largest absolute Gasteiger partial charge is 0.491 e. The summed E-state index contributed by atoms with van der Waals surface area (Å²) >= 11 is 5.19. The molecule has 4 rings (SSSR count). The summed E-state index contributed by atoms with van der Waals surface area (Å²) in [5.74, 6) is 0.833. The summed E-state index contributed by atoms with van der Waals surface area (Å²) in [4.78, 5) is 17.2. The lowest BCUT2D eigenvalue weighted by Crippen LogP contribution is -2.54. The third kappa shape index (κ3) is 4.01. The molecule has 1 saturated heterocycles. The number of ether oxygens (including phenoxy) is 2. The summed E-state index contributed by atoms with van der Waals surface area (Å²) in [7, 11) is 0. The van der Waals surface area contributed by atoms with E-state index in [1.54, 1.807) is 11.8 Å². The lowest BCUT2D eigenvalue weighted by molar-refractivity contribution is 0.0287. The third-order valence-electron chi connectivity index (χ3n) is 5.30. The van der Waals surface area contributed by atoms with Crippen molar-refractivity contribution >= 4 is 33.5 Å². The predicted molar refractivity (Wildman–Crippen MR) is 116 cm³/mol. The Morgan fingerprint density at radius 1 is 1.14 bits per heavy atom. The van der Waals surface area contributed by atoms with Crippen molar-refractivity contribution in [1.82, 2.24) is 4.90 Å². The number of hydrogen-bond donors (Lipinski definition) is 0. The molecule has 2 aliphatic heterocycles. The zero-order valence-corrected chi connectivity index (χ0v) is 18.6. The number of carbonyl (C=O) groups is 1. The van der Waals surface area contributed by atoms with Crippen molar-refractivity contribution in [2.75, 3.05) is 39.5 Å². The first-order valence-corrected chi connectivity index (χ1v) is 11.1. The number of Topliss-reactive ketones (excluding diaryl/α,β-unsaturated/α-hetero) is 1. The Bertz CT molecular complexity index is 880. The van der Waals surface area contributed by atoms with Crippen LogP contribution in [0.1, 0.15) is 21.5 Å². The predicted octanol–water partition coefficient (Wildman–Crippen LogP) is 4.50. The van der Waals surface area contributed by atoms with E-state index in [1.807, 2.05) is 19.1 Å². The van der Waals surface area contributed by atoms with E-state index in [4.69, 9.17) is 9.47 Å². The molecule has 0 aliphatic carbocycles. The van der Waals surface area contributed by atoms with Crippen molar-refractivity contribution in [1.29, 1.82) is 0 Å². The third-order valence-corrected chi connectivity index (χ3v) is 7.48. The molecule has 2 aromatic carbocycles. The van der Waals surface area contributed by atoms with Crippen molar-refractivity contribution < 1.29 is 14.3 Å². The van der Waals surface area contributed by atoms with E-state index in [9.17, 15) is 4.79 Å². The minimum atomic E-state index is -0.672. The summed E-state index contributed by atoms with van der Waals surface area (Å²) in [6.07, 6.45) is 0. The lowest BCUT2D eigenvalue weighted by Gasteiger charge is -2.40. The van der Waals surface area contributed by atoms with Crippen LogP contribution in [0, 0.1) is 13.8 Å². The van der Waals surface area contributed by atoms with Gasteiger partial charge < -0.3 is 9.47 Å². The molecule has 0 aromatic heterocycles. The Morgan fingerprint density at radius 2 is 1.86 bits per heavy atom. The fourth-order valence-electron chi connectivity index (χ4n) is 3.64. The summed E-state index contributed by atoms with van der Waals surface area (Å²) in [6.45, 7) is 8.21. The van der Waals surface area contributed by atoms with Crippen LogP contribution < -0.4 is 4.74 Å². The summed E-state index contributed by atoms with van der Waals surface area (Å²) in [5, 5.41) is 0. The Hall–Kier alpha value is -1.34. The topological polar surface area (TPSA) is 38.8 Å². The van der Waals surface area contributed by atoms with E-state index in [0.29, 0.717) is 37.7 Å². The Morgan fingerprint density at radius 3 is 2.57 bits per heavy atom. The number of aryl methyl sites for hydroxylation is 2. The van der Waals surface area contributed by atoms with Crippen LogP contribution in [0.15, 0.2) is 45.8 Å². The first-order valence-electron chi connectivity index (χ1n) is 9.50. The first-order chi connectivity index (χ1) is 13.5. The number of nitrogens with zero attached hydrogens (tertiary/aromatic N) is 1. The van der Waals surface area contributed by atoms with Gasteiger partial charge in [-0.25, -0.2) is 0 Å². The molecule has 1 atom stereocenters. The molecule has 0 bridgehead atoms. The fraction of sp³-hybridized carbons (Fsp3) is 0.409. The van der Waals surface area contributed by atoms with Crippen molar-refractivity contribution in [2.24, 2.45) is 0 Å². The van der Waals surface area contributed by atoms with Crippen LogP contribution in [-0.4, -0.2) is 54.9 Å². The number of rotatable bonds is 4. The molecule has 148 valence electrons. The van der Waals surface area contributed by atoms with Crippen molar-refractivity contribution in [3.05, 3.63) is 57.6 Å². The normalized spacial score (nSPS) is 22.6. The summed E-state index contributed by atoms with van der Waals surface area (Å²) in [5.41, 5.74) is 2.94. The second-order valence-electron chi connectivity index (χ2n) is 7.51. The van der Waals surface area contributed by atoms with E-state index >= 15 is 0 Å². The lowest BCUT2D eigenvalue weighted by atomic mass is 9.92. The molecule has 4 nitrogen and oxygen atoms in total. The number of hydrogen-bond acceptors (Lipinski definition) is 5. The van der Waals surface area contributed by atoms with Gasteiger partial charge in [0.15, 0.2) is 5.78 Å². The van der Waals surface area contributed by atoms with Crippen LogP contribution in [0.4, 0.5) is 0 Å². The number of ketones is 1. The molecule has 6 heteroatoms. The number of thioether (sulfide) groups is 1. The van der Waals surface area contributed by atoms with Crippen LogP contribution in [0.5, 0.6) is 5.75 Å². The number of fused-ring (bicyclic) bond motifs is 1. The molecule has 0 unspecified atom stereocenters. The average Bonchev–Trinajstić information content (AvgIpc) is 2.69. The second-order valence-corrected chi connectivity index (χ2v) is 9.82. The van der Waals surface area contributed by atoms with E-state index in [2.05, 4.69) is 52.0 Å². The highest BCUT2D eigenvalue weighted by molar-refractivity contribution is 9.10. The second kappa shape index (κ2) is 8.19. The molecule has 2 heterocycles. The minimum Gasteiger partial charge on any atom is -0.491 e. The van der Waals surface area contributed by atoms with Gasteiger partial charge >= 0.3 is 0 Å². The van der Waals surface area contributed by atoms with Gasteiger partial charge in [-0.1, -0.05) is 33.6 Å². The van der Waals surface area contributed by atoms with Gasteiger partial charge in [-0.15, -0.1) is 11.8 Å². The van der Waals surface area contributed by atoms with E-state index in [1.165, 1.54) is 5.56 Å². The van der Waals surface area contributed by atoms with Gasteiger partial charge in [0.05, 0.1) is 18.8 Å². The highest BCUT2D eigenvalue weighted by Gasteiger charge is 2.46. The van der Waals surface area contributed by atoms with Crippen molar-refractivity contribution in [2.45, 2.75) is 23.5 Å². The van der Waals surface area contributed by atoms with Gasteiger partial charge in [-0.05, 0) is 43.7 Å². The zero-order chi connectivity index (χ0) is 19.7. The monoisotopic (exact) mass is 461 g/mol. The molecule has 28 heavy (non-hydrogen) atoms. The fourth-order valence-corrected chi connectivity index (χ4v) is 5.27. The van der Waals surface area contributed by atoms with Crippen LogP contribution in [0.3, 0.4) is 0 Å². The van der Waals surface area contributed by atoms with Gasteiger partial charge in [0.2, 0.25) is 0 Å². The van der Waals surface area contributed by atoms with Crippen molar-refractivity contribution in [3.63, 3.8) is 0 Å². The van der Waals surface area contributed by atoms with Gasteiger partial charge in [0, 0.05) is 29.0 Å². The number of benzene rings is 2. The zero-order valence-electron chi connectivity index (χ0n) is 16.2. The molecule has 0 radical (unpaired) electrons. The Labute approximate surface area is 178 Å². The average molecular weight is 462 g/mol. The van der Waals surface area contributed by atoms with E-state index in [-0.39, 0.29) is 5.78 Å².